The first-order valence-electron chi connectivity index (χ1n) is 7.74. The lowest BCUT2D eigenvalue weighted by Crippen LogP contribution is -2.12. The Morgan fingerprint density at radius 2 is 1.96 bits per heavy atom. The maximum Gasteiger partial charge on any atom is 0.163 e. The van der Waals surface area contributed by atoms with E-state index in [0.29, 0.717) is 29.8 Å². The quantitative estimate of drug-likeness (QED) is 0.781. The fraction of sp³-hybridized carbons (Fsp3) is 0.368. The first-order chi connectivity index (χ1) is 10.8. The Bertz CT molecular complexity index is 729. The number of carbonyl (C=O) groups excluding carboxylic acids is 2. The number of allylic oxidation sites excluding steroid dienone is 4. The predicted molar refractivity (Wildman–Crippen MR) is 95.4 cm³/mol. The topological polar surface area (TPSA) is 46.2 Å². The van der Waals surface area contributed by atoms with Gasteiger partial charge in [0.05, 0.1) is 0 Å². The number of Topliss-reactive ketones (excluding diaryl/α,β-unsaturated/α-hetero) is 2. The van der Waals surface area contributed by atoms with Gasteiger partial charge in [0.25, 0.3) is 0 Å². The van der Waals surface area contributed by atoms with Gasteiger partial charge in [-0.3, -0.25) is 9.59 Å². The van der Waals surface area contributed by atoms with E-state index in [0.717, 1.165) is 28.0 Å². The molecule has 23 heavy (non-hydrogen) atoms. The molecular formula is C19H22ClNO2. The van der Waals surface area contributed by atoms with Gasteiger partial charge in [0, 0.05) is 36.2 Å². The summed E-state index contributed by atoms with van der Waals surface area (Å²) < 4.78 is 0. The van der Waals surface area contributed by atoms with Crippen LogP contribution in [0.5, 0.6) is 0 Å². The third kappa shape index (κ3) is 3.91. The van der Waals surface area contributed by atoms with E-state index in [1.807, 2.05) is 26.8 Å². The van der Waals surface area contributed by atoms with Gasteiger partial charge < -0.3 is 5.32 Å². The Kier molecular flexibility index (Phi) is 5.42. The van der Waals surface area contributed by atoms with E-state index in [1.165, 1.54) is 0 Å². The molecule has 0 amide bonds. The molecule has 0 aliphatic heterocycles. The molecule has 122 valence electrons. The molecule has 1 aliphatic rings. The summed E-state index contributed by atoms with van der Waals surface area (Å²) in [6.07, 6.45) is 3.29. The minimum absolute atomic E-state index is 0.0147. The molecule has 4 heteroatoms. The second-order valence-corrected chi connectivity index (χ2v) is 6.49. The van der Waals surface area contributed by atoms with Crippen LogP contribution in [0, 0.1) is 6.92 Å². The summed E-state index contributed by atoms with van der Waals surface area (Å²) in [6, 6.07) is 3.51. The minimum Gasteiger partial charge on any atom is -0.388 e. The van der Waals surface area contributed by atoms with Crippen molar-refractivity contribution in [2.24, 2.45) is 0 Å². The van der Waals surface area contributed by atoms with Crippen LogP contribution in [0.1, 0.15) is 49.0 Å². The molecule has 0 atom stereocenters. The zero-order valence-corrected chi connectivity index (χ0v) is 14.8. The molecule has 0 heterocycles. The molecule has 0 radical (unpaired) electrons. The predicted octanol–water partition coefficient (Wildman–Crippen LogP) is 4.89. The lowest BCUT2D eigenvalue weighted by molar-refractivity contribution is -0.115. The normalized spacial score (nSPS) is 14.8. The van der Waals surface area contributed by atoms with E-state index >= 15 is 0 Å². The Hall–Kier alpha value is -1.87. The van der Waals surface area contributed by atoms with E-state index in [1.54, 1.807) is 19.2 Å². The number of halogens is 1. The van der Waals surface area contributed by atoms with Crippen LogP contribution in [0.15, 0.2) is 34.9 Å². The number of benzene rings is 1. The number of hydrogen-bond donors (Lipinski definition) is 1. The van der Waals surface area contributed by atoms with Gasteiger partial charge in [-0.2, -0.15) is 0 Å². The van der Waals surface area contributed by atoms with Crippen LogP contribution in [-0.2, 0) is 4.79 Å². The van der Waals surface area contributed by atoms with Crippen LogP contribution < -0.4 is 5.32 Å². The fourth-order valence-corrected chi connectivity index (χ4v) is 3.24. The highest BCUT2D eigenvalue weighted by Gasteiger charge is 2.20. The summed E-state index contributed by atoms with van der Waals surface area (Å²) in [6.45, 7) is 5.79. The minimum atomic E-state index is 0.0147. The maximum absolute atomic E-state index is 12.6. The van der Waals surface area contributed by atoms with E-state index in [4.69, 9.17) is 11.6 Å². The van der Waals surface area contributed by atoms with Gasteiger partial charge in [-0.1, -0.05) is 23.3 Å². The number of nitrogens with one attached hydrogen (secondary N) is 1. The van der Waals surface area contributed by atoms with E-state index in [9.17, 15) is 9.59 Å². The van der Waals surface area contributed by atoms with Crippen LogP contribution in [0.4, 0.5) is 5.69 Å². The molecule has 1 aliphatic carbocycles. The zero-order chi connectivity index (χ0) is 17.1. The standard InChI is InChI=1S/C19H22ClNO2/c1-11-7-12(2)15(19(23)8-11)5-6-18(22)16-9-14(20)10-17(21-4)13(16)3/h7,9-10,21H,5-6,8H2,1-4H3. The number of rotatable bonds is 5. The molecular weight excluding hydrogens is 310 g/mol. The number of hydrogen-bond acceptors (Lipinski definition) is 3. The van der Waals surface area contributed by atoms with Gasteiger partial charge in [-0.15, -0.1) is 0 Å². The van der Waals surface area contributed by atoms with Crippen molar-refractivity contribution in [3.05, 3.63) is 51.1 Å². The van der Waals surface area contributed by atoms with E-state index < -0.39 is 0 Å². The highest BCUT2D eigenvalue weighted by atomic mass is 35.5. The Balaban J connectivity index is 2.19. The molecule has 0 aromatic heterocycles. The Morgan fingerprint density at radius 3 is 2.57 bits per heavy atom. The smallest absolute Gasteiger partial charge is 0.163 e. The van der Waals surface area contributed by atoms with Crippen LogP contribution in [0.3, 0.4) is 0 Å². The summed E-state index contributed by atoms with van der Waals surface area (Å²) in [4.78, 5) is 24.7. The molecule has 0 saturated heterocycles. The maximum atomic E-state index is 12.6. The van der Waals surface area contributed by atoms with Crippen LogP contribution in [-0.4, -0.2) is 18.6 Å². The Labute approximate surface area is 142 Å². The molecule has 3 nitrogen and oxygen atoms in total. The summed E-state index contributed by atoms with van der Waals surface area (Å²) in [5.41, 5.74) is 5.19. The largest absolute Gasteiger partial charge is 0.388 e. The molecule has 1 aromatic carbocycles. The van der Waals surface area contributed by atoms with Gasteiger partial charge in [0.2, 0.25) is 0 Å². The third-order valence-electron chi connectivity index (χ3n) is 4.26. The molecule has 1 aromatic rings. The van der Waals surface area contributed by atoms with E-state index in [2.05, 4.69) is 5.32 Å². The van der Waals surface area contributed by atoms with Crippen molar-refractivity contribution in [3.63, 3.8) is 0 Å². The first kappa shape index (κ1) is 17.5. The molecule has 2 rings (SSSR count). The number of anilines is 1. The van der Waals surface area contributed by atoms with Gasteiger partial charge >= 0.3 is 0 Å². The molecule has 0 fully saturated rings. The lowest BCUT2D eigenvalue weighted by Gasteiger charge is -2.16. The number of ketones is 2. The van der Waals surface area contributed by atoms with Crippen molar-refractivity contribution in [2.75, 3.05) is 12.4 Å². The average molecular weight is 332 g/mol. The molecule has 0 bridgehead atoms. The second kappa shape index (κ2) is 7.14. The number of carbonyl (C=O) groups is 2. The average Bonchev–Trinajstić information content (AvgIpc) is 2.47. The van der Waals surface area contributed by atoms with Crippen molar-refractivity contribution >= 4 is 28.9 Å². The summed E-state index contributed by atoms with van der Waals surface area (Å²) in [5, 5.41) is 3.58. The van der Waals surface area contributed by atoms with Gasteiger partial charge in [0.15, 0.2) is 11.6 Å². The summed E-state index contributed by atoms with van der Waals surface area (Å²) >= 11 is 6.09. The zero-order valence-electron chi connectivity index (χ0n) is 14.0. The van der Waals surface area contributed by atoms with Gasteiger partial charge in [0.1, 0.15) is 0 Å². The van der Waals surface area contributed by atoms with Gasteiger partial charge in [-0.05, 0) is 56.0 Å². The summed E-state index contributed by atoms with van der Waals surface area (Å²) in [5.74, 6) is 0.148. The van der Waals surface area contributed by atoms with Gasteiger partial charge in [-0.25, -0.2) is 0 Å². The first-order valence-corrected chi connectivity index (χ1v) is 8.12. The molecule has 0 spiro atoms. The van der Waals surface area contributed by atoms with Crippen molar-refractivity contribution in [3.8, 4) is 0 Å². The summed E-state index contributed by atoms with van der Waals surface area (Å²) in [7, 11) is 1.80. The third-order valence-corrected chi connectivity index (χ3v) is 4.48. The SMILES string of the molecule is CNc1cc(Cl)cc(C(=O)CCC2=C(C)C=C(C)CC2=O)c1C. The highest BCUT2D eigenvalue weighted by Crippen LogP contribution is 2.28. The Morgan fingerprint density at radius 1 is 1.26 bits per heavy atom. The fourth-order valence-electron chi connectivity index (χ4n) is 3.03. The molecule has 0 unspecified atom stereocenters. The second-order valence-electron chi connectivity index (χ2n) is 6.05. The molecule has 0 saturated carbocycles. The molecule has 1 N–H and O–H groups in total. The van der Waals surface area contributed by atoms with Crippen molar-refractivity contribution < 1.29 is 9.59 Å². The highest BCUT2D eigenvalue weighted by molar-refractivity contribution is 6.31. The van der Waals surface area contributed by atoms with Crippen molar-refractivity contribution in [2.45, 2.75) is 40.0 Å². The van der Waals surface area contributed by atoms with E-state index in [-0.39, 0.29) is 11.6 Å². The lowest BCUT2D eigenvalue weighted by atomic mass is 9.88. The van der Waals surface area contributed by atoms with Crippen LogP contribution >= 0.6 is 11.6 Å². The monoisotopic (exact) mass is 331 g/mol. The van der Waals surface area contributed by atoms with Crippen LogP contribution in [0.2, 0.25) is 5.02 Å². The van der Waals surface area contributed by atoms with Crippen molar-refractivity contribution in [1.82, 2.24) is 0 Å². The van der Waals surface area contributed by atoms with Crippen LogP contribution in [0.25, 0.3) is 0 Å². The van der Waals surface area contributed by atoms with Crippen molar-refractivity contribution in [1.29, 1.82) is 0 Å².